The Kier molecular flexibility index (Phi) is 3.82. The summed E-state index contributed by atoms with van der Waals surface area (Å²) in [5.74, 6) is 0. The number of rotatable bonds is 3. The minimum atomic E-state index is 0.0535. The second-order valence-electron chi connectivity index (χ2n) is 6.82. The largest absolute Gasteiger partial charge is 0.341 e. The Bertz CT molecular complexity index is 935. The highest BCUT2D eigenvalue weighted by Gasteiger charge is 2.43. The molecule has 5 heteroatoms. The third-order valence-electron chi connectivity index (χ3n) is 4.99. The number of pyridine rings is 1. The maximum Gasteiger partial charge on any atom is 0.160 e. The molecule has 4 heterocycles. The summed E-state index contributed by atoms with van der Waals surface area (Å²) in [5, 5.41) is 1.74. The first-order valence-corrected chi connectivity index (χ1v) is 9.83. The van der Waals surface area contributed by atoms with Gasteiger partial charge in [0.05, 0.1) is 11.7 Å². The lowest BCUT2D eigenvalue weighted by Crippen LogP contribution is -2.28. The van der Waals surface area contributed by atoms with Gasteiger partial charge in [-0.3, -0.25) is 9.98 Å². The molecule has 3 aromatic rings. The summed E-state index contributed by atoms with van der Waals surface area (Å²) in [6, 6.07) is 19.0. The fourth-order valence-electron chi connectivity index (χ4n) is 3.83. The molecule has 0 spiro atoms. The Balaban J connectivity index is 1.54. The first-order valence-electron chi connectivity index (χ1n) is 8.95. The Hall–Kier alpha value is -2.53. The molecule has 1 aromatic carbocycles. The van der Waals surface area contributed by atoms with Gasteiger partial charge in [0, 0.05) is 36.1 Å². The number of aliphatic imine (C=N–C) groups is 1. The third kappa shape index (κ3) is 2.63. The zero-order chi connectivity index (χ0) is 17.5. The molecule has 3 atom stereocenters. The predicted octanol–water partition coefficient (Wildman–Crippen LogP) is 4.46. The van der Waals surface area contributed by atoms with Crippen molar-refractivity contribution >= 4 is 16.9 Å². The highest BCUT2D eigenvalue weighted by Crippen LogP contribution is 2.47. The number of fused-ring (bicyclic) bond motifs is 1. The van der Waals surface area contributed by atoms with Crippen molar-refractivity contribution in [1.29, 1.82) is 0 Å². The van der Waals surface area contributed by atoms with E-state index in [1.165, 1.54) is 11.3 Å². The van der Waals surface area contributed by atoms with Crippen molar-refractivity contribution in [3.63, 3.8) is 0 Å². The van der Waals surface area contributed by atoms with Crippen molar-refractivity contribution in [2.75, 3.05) is 6.54 Å². The van der Waals surface area contributed by atoms with Crippen LogP contribution < -0.4 is 0 Å². The molecule has 1 fully saturated rings. The molecule has 2 aliphatic rings. The molecule has 2 aliphatic heterocycles. The van der Waals surface area contributed by atoms with Gasteiger partial charge in [-0.1, -0.05) is 43.0 Å². The van der Waals surface area contributed by atoms with Crippen LogP contribution >= 0.6 is 11.8 Å². The Morgan fingerprint density at radius 2 is 1.88 bits per heavy atom. The van der Waals surface area contributed by atoms with Crippen molar-refractivity contribution in [2.45, 2.75) is 24.3 Å². The zero-order valence-electron chi connectivity index (χ0n) is 14.6. The first-order chi connectivity index (χ1) is 12.8. The van der Waals surface area contributed by atoms with Crippen molar-refractivity contribution in [1.82, 2.24) is 14.5 Å². The number of hydrogen-bond donors (Lipinski definition) is 0. The van der Waals surface area contributed by atoms with Crippen LogP contribution in [0.4, 0.5) is 0 Å². The monoisotopic (exact) mass is 360 g/mol. The van der Waals surface area contributed by atoms with Crippen LogP contribution in [-0.4, -0.2) is 31.4 Å². The lowest BCUT2D eigenvalue weighted by Gasteiger charge is -2.26. The van der Waals surface area contributed by atoms with Gasteiger partial charge in [0.15, 0.2) is 5.17 Å². The Morgan fingerprint density at radius 1 is 1.04 bits per heavy atom. The van der Waals surface area contributed by atoms with Crippen LogP contribution in [0.25, 0.3) is 5.69 Å². The maximum atomic E-state index is 5.04. The summed E-state index contributed by atoms with van der Waals surface area (Å²) >= 11 is 1.88. The molecule has 26 heavy (non-hydrogen) atoms. The van der Waals surface area contributed by atoms with Crippen LogP contribution in [0.2, 0.25) is 0 Å². The Labute approximate surface area is 157 Å². The van der Waals surface area contributed by atoms with Crippen LogP contribution in [0, 0.1) is 0 Å². The summed E-state index contributed by atoms with van der Waals surface area (Å²) in [6.07, 6.45) is 6.24. The highest BCUT2D eigenvalue weighted by atomic mass is 32.2. The molecule has 1 saturated heterocycles. The quantitative estimate of drug-likeness (QED) is 0.691. The molecule has 0 bridgehead atoms. The second kappa shape index (κ2) is 6.32. The van der Waals surface area contributed by atoms with Gasteiger partial charge in [0.2, 0.25) is 0 Å². The lowest BCUT2D eigenvalue weighted by molar-refractivity contribution is 0.321. The van der Waals surface area contributed by atoms with E-state index in [1.54, 1.807) is 0 Å². The van der Waals surface area contributed by atoms with E-state index in [4.69, 9.17) is 4.99 Å². The molecule has 130 valence electrons. The SMILES string of the molecule is C[C@@H]1CN2C(=N[C@@H](c3ccccn3)[C@H]2c2ccn(-c3ccccc3)c2)S1. The van der Waals surface area contributed by atoms with Crippen LogP contribution in [0.1, 0.15) is 30.3 Å². The van der Waals surface area contributed by atoms with E-state index in [0.29, 0.717) is 5.25 Å². The fourth-order valence-corrected chi connectivity index (χ4v) is 4.92. The number of nitrogens with zero attached hydrogens (tertiary/aromatic N) is 4. The van der Waals surface area contributed by atoms with Crippen molar-refractivity contribution in [3.05, 3.63) is 84.4 Å². The number of benzene rings is 1. The maximum absolute atomic E-state index is 5.04. The summed E-state index contributed by atoms with van der Waals surface area (Å²) in [6.45, 7) is 3.31. The molecule has 0 N–H and O–H groups in total. The van der Waals surface area contributed by atoms with Crippen molar-refractivity contribution in [2.24, 2.45) is 4.99 Å². The Morgan fingerprint density at radius 3 is 2.69 bits per heavy atom. The average molecular weight is 360 g/mol. The summed E-state index contributed by atoms with van der Waals surface area (Å²) in [5.41, 5.74) is 3.51. The molecule has 0 saturated carbocycles. The van der Waals surface area contributed by atoms with E-state index < -0.39 is 0 Å². The van der Waals surface area contributed by atoms with E-state index in [0.717, 1.165) is 17.4 Å². The van der Waals surface area contributed by atoms with Crippen molar-refractivity contribution < 1.29 is 0 Å². The van der Waals surface area contributed by atoms with Gasteiger partial charge in [-0.05, 0) is 35.9 Å². The minimum Gasteiger partial charge on any atom is -0.341 e. The summed E-state index contributed by atoms with van der Waals surface area (Å²) in [4.78, 5) is 12.1. The van der Waals surface area contributed by atoms with Gasteiger partial charge in [-0.25, -0.2) is 0 Å². The summed E-state index contributed by atoms with van der Waals surface area (Å²) in [7, 11) is 0. The zero-order valence-corrected chi connectivity index (χ0v) is 15.4. The molecular formula is C21H20N4S. The van der Waals surface area contributed by atoms with Gasteiger partial charge in [-0.2, -0.15) is 0 Å². The molecular weight excluding hydrogens is 340 g/mol. The molecule has 0 unspecified atom stereocenters. The number of hydrogen-bond acceptors (Lipinski definition) is 4. The minimum absolute atomic E-state index is 0.0535. The van der Waals surface area contributed by atoms with E-state index in [2.05, 4.69) is 70.2 Å². The smallest absolute Gasteiger partial charge is 0.160 e. The normalized spacial score (nSPS) is 24.6. The second-order valence-corrected chi connectivity index (χ2v) is 8.23. The molecule has 0 radical (unpaired) electrons. The molecule has 5 rings (SSSR count). The number of amidine groups is 1. The lowest BCUT2D eigenvalue weighted by atomic mass is 9.99. The molecule has 0 amide bonds. The molecule has 0 aliphatic carbocycles. The van der Waals surface area contributed by atoms with Crippen LogP contribution in [0.5, 0.6) is 0 Å². The number of para-hydroxylation sites is 1. The van der Waals surface area contributed by atoms with E-state index in [-0.39, 0.29) is 12.1 Å². The van der Waals surface area contributed by atoms with Crippen LogP contribution in [0.15, 0.2) is 78.2 Å². The van der Waals surface area contributed by atoms with Gasteiger partial charge in [-0.15, -0.1) is 0 Å². The van der Waals surface area contributed by atoms with Crippen LogP contribution in [0.3, 0.4) is 0 Å². The molecule has 4 nitrogen and oxygen atoms in total. The van der Waals surface area contributed by atoms with Crippen LogP contribution in [-0.2, 0) is 0 Å². The van der Waals surface area contributed by atoms with Gasteiger partial charge in [0.1, 0.15) is 6.04 Å². The average Bonchev–Trinajstić information content (AvgIpc) is 3.37. The summed E-state index contributed by atoms with van der Waals surface area (Å²) < 4.78 is 2.19. The van der Waals surface area contributed by atoms with Gasteiger partial charge >= 0.3 is 0 Å². The first kappa shape index (κ1) is 15.7. The predicted molar refractivity (Wildman–Crippen MR) is 107 cm³/mol. The standard InChI is InChI=1S/C21H20N4S/c1-15-13-25-20(16-10-12-24(14-16)17-7-3-2-4-8-17)19(23-21(25)26-15)18-9-5-6-11-22-18/h2-12,14-15,19-20H,13H2,1H3/t15-,19+,20-/m1/s1. The number of aromatic nitrogens is 2. The van der Waals surface area contributed by atoms with E-state index in [1.807, 2.05) is 36.2 Å². The van der Waals surface area contributed by atoms with Crippen molar-refractivity contribution in [3.8, 4) is 5.69 Å². The topological polar surface area (TPSA) is 33.4 Å². The fraction of sp³-hybridized carbons (Fsp3) is 0.238. The third-order valence-corrected chi connectivity index (χ3v) is 6.10. The van der Waals surface area contributed by atoms with Gasteiger partial charge in [0.25, 0.3) is 0 Å². The molecule has 2 aromatic heterocycles. The van der Waals surface area contributed by atoms with E-state index >= 15 is 0 Å². The number of thioether (sulfide) groups is 1. The van der Waals surface area contributed by atoms with E-state index in [9.17, 15) is 0 Å². The highest BCUT2D eigenvalue weighted by molar-refractivity contribution is 8.14. The van der Waals surface area contributed by atoms with Gasteiger partial charge < -0.3 is 9.47 Å².